The molecule has 1 aliphatic carbocycles. The Hall–Kier alpha value is -5.03. The van der Waals surface area contributed by atoms with E-state index in [9.17, 15) is 10.2 Å². The third kappa shape index (κ3) is 5.80. The highest BCUT2D eigenvalue weighted by molar-refractivity contribution is 6.08. The van der Waals surface area contributed by atoms with Gasteiger partial charge in [-0.25, -0.2) is 0 Å². The average Bonchev–Trinajstić information content (AvgIpc) is 3.52. The summed E-state index contributed by atoms with van der Waals surface area (Å²) in [6.07, 6.45) is 11.5. The van der Waals surface area contributed by atoms with Crippen LogP contribution in [0.15, 0.2) is 144 Å². The van der Waals surface area contributed by atoms with Gasteiger partial charge in [-0.2, -0.15) is 4.58 Å². The molecule has 1 unspecified atom stereocenters. The second-order valence-corrected chi connectivity index (χ2v) is 16.0. The van der Waals surface area contributed by atoms with Gasteiger partial charge in [-0.1, -0.05) is 118 Å². The molecular weight excluding hydrogens is 649 g/mol. The number of allylic oxidation sites excluding steroid dienone is 8. The Morgan fingerprint density at radius 2 is 1.38 bits per heavy atom. The van der Waals surface area contributed by atoms with Crippen molar-refractivity contribution in [3.05, 3.63) is 161 Å². The zero-order chi connectivity index (χ0) is 36.9. The molecule has 2 aliphatic heterocycles. The molecule has 0 fully saturated rings. The number of benzene rings is 5. The van der Waals surface area contributed by atoms with Crippen molar-refractivity contribution < 1.29 is 14.8 Å². The first-order chi connectivity index (χ1) is 25.7. The predicted octanol–water partition coefficient (Wildman–Crippen LogP) is 10.4. The van der Waals surface area contributed by atoms with Crippen molar-refractivity contribution in [2.24, 2.45) is 5.92 Å². The Balaban J connectivity index is 1.27. The first-order valence-electron chi connectivity index (χ1n) is 19.2. The van der Waals surface area contributed by atoms with Crippen LogP contribution in [0.25, 0.3) is 27.1 Å². The Bertz CT molecular complexity index is 2390. The van der Waals surface area contributed by atoms with Crippen molar-refractivity contribution in [2.75, 3.05) is 31.2 Å². The Kier molecular flexibility index (Phi) is 9.08. The van der Waals surface area contributed by atoms with Gasteiger partial charge >= 0.3 is 0 Å². The summed E-state index contributed by atoms with van der Waals surface area (Å²) in [4.78, 5) is 2.33. The van der Waals surface area contributed by atoms with E-state index in [2.05, 4.69) is 172 Å². The quantitative estimate of drug-likeness (QED) is 0.159. The number of anilines is 1. The maximum Gasteiger partial charge on any atom is 0.210 e. The highest BCUT2D eigenvalue weighted by Gasteiger charge is 2.45. The van der Waals surface area contributed by atoms with E-state index >= 15 is 0 Å². The highest BCUT2D eigenvalue weighted by atomic mass is 16.3. The number of hydrogen-bond donors (Lipinski definition) is 2. The van der Waals surface area contributed by atoms with Gasteiger partial charge in [0.2, 0.25) is 5.69 Å². The Labute approximate surface area is 314 Å². The molecule has 53 heavy (non-hydrogen) atoms. The van der Waals surface area contributed by atoms with E-state index in [1.54, 1.807) is 0 Å². The lowest BCUT2D eigenvalue weighted by atomic mass is 9.76. The van der Waals surface area contributed by atoms with E-state index in [4.69, 9.17) is 0 Å². The van der Waals surface area contributed by atoms with Gasteiger partial charge in [-0.05, 0) is 100 Å². The van der Waals surface area contributed by atoms with Crippen LogP contribution in [0.5, 0.6) is 0 Å². The lowest BCUT2D eigenvalue weighted by Gasteiger charge is -2.29. The lowest BCUT2D eigenvalue weighted by molar-refractivity contribution is -0.440. The number of aliphatic hydroxyl groups excluding tert-OH is 2. The SMILES string of the molecule is CC1CCC(/C=C/C2=[N+](CCO)c3ccc4ccccc4c3C2(C)C)=C(c2ccccc2)C/1=C/C=C1/N(CCO)c2ccc3ccccc3c2C1(C)C. The molecule has 3 aliphatic rings. The number of hydrogen-bond acceptors (Lipinski definition) is 3. The van der Waals surface area contributed by atoms with Crippen LogP contribution >= 0.6 is 0 Å². The molecule has 5 aromatic rings. The largest absolute Gasteiger partial charge is 0.395 e. The van der Waals surface area contributed by atoms with Crippen LogP contribution in [0.3, 0.4) is 0 Å². The summed E-state index contributed by atoms with van der Waals surface area (Å²) >= 11 is 0. The van der Waals surface area contributed by atoms with Gasteiger partial charge in [0.25, 0.3) is 0 Å². The van der Waals surface area contributed by atoms with E-state index in [-0.39, 0.29) is 24.0 Å². The third-order valence-corrected chi connectivity index (χ3v) is 12.1. The summed E-state index contributed by atoms with van der Waals surface area (Å²) in [6.45, 7) is 12.9. The molecule has 0 bridgehead atoms. The van der Waals surface area contributed by atoms with Crippen LogP contribution in [0.2, 0.25) is 0 Å². The molecule has 8 rings (SSSR count). The zero-order valence-corrected chi connectivity index (χ0v) is 31.7. The second-order valence-electron chi connectivity index (χ2n) is 16.0. The molecule has 5 aromatic carbocycles. The molecule has 4 heteroatoms. The first-order valence-corrected chi connectivity index (χ1v) is 19.2. The van der Waals surface area contributed by atoms with Crippen molar-refractivity contribution >= 4 is 44.2 Å². The van der Waals surface area contributed by atoms with Crippen LogP contribution < -0.4 is 4.90 Å². The Morgan fingerprint density at radius 3 is 2.08 bits per heavy atom. The molecule has 0 spiro atoms. The van der Waals surface area contributed by atoms with Crippen LogP contribution in [-0.4, -0.2) is 46.8 Å². The fraction of sp³-hybridized carbons (Fsp3) is 0.286. The summed E-state index contributed by atoms with van der Waals surface area (Å²) in [5, 5.41) is 25.6. The topological polar surface area (TPSA) is 46.7 Å². The third-order valence-electron chi connectivity index (χ3n) is 12.1. The second kappa shape index (κ2) is 13.7. The summed E-state index contributed by atoms with van der Waals surface area (Å²) in [7, 11) is 0. The number of nitrogens with zero attached hydrogens (tertiary/aromatic N) is 2. The summed E-state index contributed by atoms with van der Waals surface area (Å²) < 4.78 is 2.33. The van der Waals surface area contributed by atoms with E-state index < -0.39 is 0 Å². The van der Waals surface area contributed by atoms with Crippen molar-refractivity contribution in [3.8, 4) is 0 Å². The maximum absolute atomic E-state index is 10.3. The summed E-state index contributed by atoms with van der Waals surface area (Å²) in [5.41, 5.74) is 12.1. The molecule has 0 aromatic heterocycles. The standard InChI is InChI=1S/C49H51N2O2/c1-33-19-20-37(23-27-43-48(2,3)46-39-17-11-9-13-34(39)21-25-41(46)50(43)29-31-52)45(36-15-7-6-8-16-36)38(33)24-28-44-49(4,5)47-40-18-12-10-14-35(40)22-26-42(47)51(44)30-32-53/h6-18,21-28,33,52-53H,19-20,29-32H2,1-5H3/q+1. The lowest BCUT2D eigenvalue weighted by Crippen LogP contribution is -2.28. The number of β-amino-alcohol motifs (C(OH)–C–C–N with tert-alkyl or cyclic N) is 2. The van der Waals surface area contributed by atoms with Crippen LogP contribution in [0.1, 0.15) is 64.2 Å². The fourth-order valence-electron chi connectivity index (χ4n) is 9.56. The fourth-order valence-corrected chi connectivity index (χ4v) is 9.56. The summed E-state index contributed by atoms with van der Waals surface area (Å²) in [5.74, 6) is 0.371. The smallest absolute Gasteiger partial charge is 0.210 e. The van der Waals surface area contributed by atoms with E-state index in [1.165, 1.54) is 77.7 Å². The molecular formula is C49H51N2O2+. The van der Waals surface area contributed by atoms with Crippen molar-refractivity contribution in [1.29, 1.82) is 0 Å². The van der Waals surface area contributed by atoms with Crippen molar-refractivity contribution in [3.63, 3.8) is 0 Å². The molecule has 2 N–H and O–H groups in total. The molecule has 2 heterocycles. The summed E-state index contributed by atoms with van der Waals surface area (Å²) in [6, 6.07) is 37.1. The molecule has 0 radical (unpaired) electrons. The molecule has 4 nitrogen and oxygen atoms in total. The van der Waals surface area contributed by atoms with Crippen LogP contribution in [0.4, 0.5) is 11.4 Å². The highest BCUT2D eigenvalue weighted by Crippen LogP contribution is 2.51. The minimum absolute atomic E-state index is 0.0823. The van der Waals surface area contributed by atoms with Gasteiger partial charge < -0.3 is 15.1 Å². The minimum atomic E-state index is -0.250. The first kappa shape index (κ1) is 35.0. The van der Waals surface area contributed by atoms with E-state index in [0.29, 0.717) is 19.0 Å². The van der Waals surface area contributed by atoms with Crippen molar-refractivity contribution in [2.45, 2.75) is 58.3 Å². The van der Waals surface area contributed by atoms with Crippen LogP contribution in [0, 0.1) is 5.92 Å². The van der Waals surface area contributed by atoms with Gasteiger partial charge in [-0.15, -0.1) is 0 Å². The van der Waals surface area contributed by atoms with Gasteiger partial charge in [0.1, 0.15) is 6.61 Å². The molecule has 0 amide bonds. The normalized spacial score (nSPS) is 20.8. The van der Waals surface area contributed by atoms with Crippen molar-refractivity contribution in [1.82, 2.24) is 0 Å². The zero-order valence-electron chi connectivity index (χ0n) is 31.7. The molecule has 1 atom stereocenters. The van der Waals surface area contributed by atoms with Crippen LogP contribution in [-0.2, 0) is 10.8 Å². The molecule has 268 valence electrons. The Morgan fingerprint density at radius 1 is 0.717 bits per heavy atom. The van der Waals surface area contributed by atoms with Gasteiger partial charge in [-0.3, -0.25) is 0 Å². The number of fused-ring (bicyclic) bond motifs is 6. The van der Waals surface area contributed by atoms with E-state index in [0.717, 1.165) is 12.8 Å². The maximum atomic E-state index is 10.3. The van der Waals surface area contributed by atoms with Gasteiger partial charge in [0, 0.05) is 41.1 Å². The molecule has 0 saturated carbocycles. The van der Waals surface area contributed by atoms with E-state index in [1.807, 2.05) is 0 Å². The van der Waals surface area contributed by atoms with Gasteiger partial charge in [0.05, 0.1) is 12.0 Å². The number of aliphatic hydroxyl groups is 2. The average molecular weight is 700 g/mol. The number of rotatable bonds is 8. The van der Waals surface area contributed by atoms with Gasteiger partial charge in [0.15, 0.2) is 12.3 Å². The predicted molar refractivity (Wildman–Crippen MR) is 222 cm³/mol. The monoisotopic (exact) mass is 699 g/mol. The minimum Gasteiger partial charge on any atom is -0.395 e. The molecule has 0 saturated heterocycles.